The van der Waals surface area contributed by atoms with Gasteiger partial charge in [-0.1, -0.05) is 26.0 Å². The van der Waals surface area contributed by atoms with Crippen molar-refractivity contribution < 1.29 is 14.3 Å². The van der Waals surface area contributed by atoms with Crippen LogP contribution in [0.2, 0.25) is 0 Å². The predicted molar refractivity (Wildman–Crippen MR) is 94.9 cm³/mol. The van der Waals surface area contributed by atoms with E-state index in [1.165, 1.54) is 0 Å². The highest BCUT2D eigenvalue weighted by Gasteiger charge is 2.39. The molecule has 0 aliphatic carbocycles. The van der Waals surface area contributed by atoms with Crippen molar-refractivity contribution in [3.05, 3.63) is 29.8 Å². The van der Waals surface area contributed by atoms with E-state index in [0.29, 0.717) is 45.1 Å². The van der Waals surface area contributed by atoms with E-state index in [0.717, 1.165) is 11.3 Å². The van der Waals surface area contributed by atoms with Gasteiger partial charge in [0.1, 0.15) is 5.75 Å². The molecule has 2 rings (SSSR count). The molecule has 134 valence electrons. The van der Waals surface area contributed by atoms with Crippen LogP contribution in [-0.2, 0) is 9.53 Å². The normalized spacial score (nSPS) is 18.2. The van der Waals surface area contributed by atoms with Crippen molar-refractivity contribution in [3.8, 4) is 5.75 Å². The van der Waals surface area contributed by atoms with E-state index in [4.69, 9.17) is 15.2 Å². The molecule has 0 aromatic heterocycles. The molecule has 1 saturated heterocycles. The molecule has 1 atom stereocenters. The third-order valence-corrected chi connectivity index (χ3v) is 4.63. The summed E-state index contributed by atoms with van der Waals surface area (Å²) < 4.78 is 11.1. The Bertz CT molecular complexity index is 522. The van der Waals surface area contributed by atoms with Crippen LogP contribution in [0.4, 0.5) is 0 Å². The first-order valence-corrected chi connectivity index (χ1v) is 8.78. The molecule has 5 heteroatoms. The minimum Gasteiger partial charge on any atom is -0.493 e. The molecule has 1 fully saturated rings. The first-order chi connectivity index (χ1) is 11.5. The highest BCUT2D eigenvalue weighted by atomic mass is 16.5. The van der Waals surface area contributed by atoms with E-state index in [9.17, 15) is 4.79 Å². The molecule has 1 aromatic carbocycles. The first kappa shape index (κ1) is 18.7. The largest absolute Gasteiger partial charge is 0.493 e. The number of carbonyl (C=O) groups is 1. The average molecular weight is 334 g/mol. The number of ether oxygens (including phenoxy) is 2. The number of carbonyl (C=O) groups excluding carboxylic acids is 1. The number of amides is 1. The second-order valence-corrected chi connectivity index (χ2v) is 7.07. The molecule has 1 heterocycles. The van der Waals surface area contributed by atoms with Crippen LogP contribution in [0, 0.1) is 11.3 Å². The van der Waals surface area contributed by atoms with Crippen LogP contribution >= 0.6 is 0 Å². The fourth-order valence-electron chi connectivity index (χ4n) is 2.83. The smallest absolute Gasteiger partial charge is 0.228 e. The maximum atomic E-state index is 12.7. The van der Waals surface area contributed by atoms with Gasteiger partial charge in [-0.05, 0) is 43.4 Å². The van der Waals surface area contributed by atoms with Crippen LogP contribution in [0.3, 0.4) is 0 Å². The summed E-state index contributed by atoms with van der Waals surface area (Å²) >= 11 is 0. The summed E-state index contributed by atoms with van der Waals surface area (Å²) in [5.41, 5.74) is 6.46. The topological polar surface area (TPSA) is 73.6 Å². The molecular weight excluding hydrogens is 304 g/mol. The van der Waals surface area contributed by atoms with Crippen molar-refractivity contribution in [2.45, 2.75) is 39.7 Å². The average Bonchev–Trinajstić information content (AvgIpc) is 2.60. The lowest BCUT2D eigenvalue weighted by Crippen LogP contribution is -2.49. The summed E-state index contributed by atoms with van der Waals surface area (Å²) in [5, 5.41) is 3.11. The number of nitrogens with one attached hydrogen (secondary N) is 1. The summed E-state index contributed by atoms with van der Waals surface area (Å²) in [6, 6.07) is 7.84. The van der Waals surface area contributed by atoms with Gasteiger partial charge in [-0.3, -0.25) is 4.79 Å². The minimum atomic E-state index is -0.493. The zero-order valence-corrected chi connectivity index (χ0v) is 15.0. The number of benzene rings is 1. The summed E-state index contributed by atoms with van der Waals surface area (Å²) in [7, 11) is 0. The van der Waals surface area contributed by atoms with Crippen molar-refractivity contribution in [2.24, 2.45) is 17.1 Å². The van der Waals surface area contributed by atoms with Gasteiger partial charge in [0.05, 0.1) is 18.1 Å². The highest BCUT2D eigenvalue weighted by molar-refractivity contribution is 5.83. The molecule has 5 nitrogen and oxygen atoms in total. The van der Waals surface area contributed by atoms with E-state index < -0.39 is 5.41 Å². The fraction of sp³-hybridized carbons (Fsp3) is 0.632. The van der Waals surface area contributed by atoms with Crippen LogP contribution in [0.15, 0.2) is 24.3 Å². The van der Waals surface area contributed by atoms with Gasteiger partial charge in [-0.15, -0.1) is 0 Å². The molecular formula is C19H30N2O3. The van der Waals surface area contributed by atoms with E-state index in [-0.39, 0.29) is 11.9 Å². The number of nitrogens with two attached hydrogens (primary N) is 1. The third-order valence-electron chi connectivity index (χ3n) is 4.63. The summed E-state index contributed by atoms with van der Waals surface area (Å²) in [6.07, 6.45) is 1.37. The van der Waals surface area contributed by atoms with Crippen molar-refractivity contribution in [1.82, 2.24) is 5.32 Å². The molecule has 0 radical (unpaired) electrons. The Morgan fingerprint density at radius 3 is 2.42 bits per heavy atom. The standard InChI is InChI=1S/C19H30N2O3/c1-14(2)12-24-17-6-4-16(5-7-17)15(3)21-18(22)19(13-20)8-10-23-11-9-19/h4-7,14-15H,8-13,20H2,1-3H3,(H,21,22). The second kappa shape index (κ2) is 8.49. The van der Waals surface area contributed by atoms with Crippen molar-refractivity contribution in [2.75, 3.05) is 26.4 Å². The van der Waals surface area contributed by atoms with Gasteiger partial charge >= 0.3 is 0 Å². The molecule has 0 bridgehead atoms. The van der Waals surface area contributed by atoms with Crippen molar-refractivity contribution in [3.63, 3.8) is 0 Å². The van der Waals surface area contributed by atoms with Crippen LogP contribution < -0.4 is 15.8 Å². The number of hydrogen-bond acceptors (Lipinski definition) is 4. The van der Waals surface area contributed by atoms with E-state index in [1.54, 1.807) is 0 Å². The minimum absolute atomic E-state index is 0.0286. The Morgan fingerprint density at radius 2 is 1.88 bits per heavy atom. The van der Waals surface area contributed by atoms with Crippen LogP contribution in [0.25, 0.3) is 0 Å². The lowest BCUT2D eigenvalue weighted by atomic mass is 9.79. The number of rotatable bonds is 7. The third kappa shape index (κ3) is 4.71. The van der Waals surface area contributed by atoms with Gasteiger partial charge < -0.3 is 20.5 Å². The van der Waals surface area contributed by atoms with E-state index in [2.05, 4.69) is 19.2 Å². The summed E-state index contributed by atoms with van der Waals surface area (Å²) in [4.78, 5) is 12.7. The molecule has 1 amide bonds. The SMILES string of the molecule is CC(C)COc1ccc(C(C)NC(=O)C2(CN)CCOCC2)cc1. The van der Waals surface area contributed by atoms with Gasteiger partial charge in [0, 0.05) is 19.8 Å². The summed E-state index contributed by atoms with van der Waals surface area (Å²) in [6.45, 7) is 8.49. The first-order valence-electron chi connectivity index (χ1n) is 8.78. The predicted octanol–water partition coefficient (Wildman–Crippen LogP) is 2.65. The quantitative estimate of drug-likeness (QED) is 0.804. The lowest BCUT2D eigenvalue weighted by Gasteiger charge is -2.35. The highest BCUT2D eigenvalue weighted by Crippen LogP contribution is 2.30. The molecule has 3 N–H and O–H groups in total. The molecule has 1 aliphatic rings. The van der Waals surface area contributed by atoms with Gasteiger partial charge in [0.15, 0.2) is 0 Å². The number of hydrogen-bond donors (Lipinski definition) is 2. The van der Waals surface area contributed by atoms with Gasteiger partial charge in [-0.25, -0.2) is 0 Å². The Hall–Kier alpha value is -1.59. The fourth-order valence-corrected chi connectivity index (χ4v) is 2.83. The Balaban J connectivity index is 1.95. The zero-order valence-electron chi connectivity index (χ0n) is 15.0. The Morgan fingerprint density at radius 1 is 1.25 bits per heavy atom. The maximum Gasteiger partial charge on any atom is 0.228 e. The second-order valence-electron chi connectivity index (χ2n) is 7.07. The van der Waals surface area contributed by atoms with Gasteiger partial charge in [0.25, 0.3) is 0 Å². The van der Waals surface area contributed by atoms with E-state index in [1.807, 2.05) is 31.2 Å². The molecule has 1 unspecified atom stereocenters. The molecule has 1 aromatic rings. The molecule has 24 heavy (non-hydrogen) atoms. The molecule has 1 aliphatic heterocycles. The van der Waals surface area contributed by atoms with Crippen molar-refractivity contribution >= 4 is 5.91 Å². The van der Waals surface area contributed by atoms with Gasteiger partial charge in [0.2, 0.25) is 5.91 Å². The van der Waals surface area contributed by atoms with Gasteiger partial charge in [-0.2, -0.15) is 0 Å². The molecule has 0 saturated carbocycles. The van der Waals surface area contributed by atoms with Crippen LogP contribution in [0.5, 0.6) is 5.75 Å². The van der Waals surface area contributed by atoms with Crippen LogP contribution in [-0.4, -0.2) is 32.3 Å². The zero-order chi connectivity index (χ0) is 17.6. The maximum absolute atomic E-state index is 12.7. The monoisotopic (exact) mass is 334 g/mol. The lowest BCUT2D eigenvalue weighted by molar-refractivity contribution is -0.136. The van der Waals surface area contributed by atoms with E-state index >= 15 is 0 Å². The van der Waals surface area contributed by atoms with Crippen LogP contribution in [0.1, 0.15) is 45.2 Å². The summed E-state index contributed by atoms with van der Waals surface area (Å²) in [5.74, 6) is 1.38. The van der Waals surface area contributed by atoms with Crippen molar-refractivity contribution in [1.29, 1.82) is 0 Å². The Labute approximate surface area is 144 Å². The molecule has 0 spiro atoms. The Kier molecular flexibility index (Phi) is 6.63.